The molecule has 2 aliphatic rings. The van der Waals surface area contributed by atoms with Crippen LogP contribution in [0.2, 0.25) is 0 Å². The predicted octanol–water partition coefficient (Wildman–Crippen LogP) is 2.26. The number of ketones is 2. The van der Waals surface area contributed by atoms with Crippen LogP contribution in [0.5, 0.6) is 0 Å². The topological polar surface area (TPSA) is 146 Å². The maximum atomic E-state index is 12.9. The van der Waals surface area contributed by atoms with Gasteiger partial charge in [0.15, 0.2) is 18.9 Å². The van der Waals surface area contributed by atoms with Crippen LogP contribution in [0.25, 0.3) is 5.57 Å². The molecule has 0 bridgehead atoms. The van der Waals surface area contributed by atoms with E-state index in [0.717, 1.165) is 0 Å². The summed E-state index contributed by atoms with van der Waals surface area (Å²) < 4.78 is 1.63. The van der Waals surface area contributed by atoms with E-state index in [1.165, 1.54) is 6.92 Å². The average Bonchev–Trinajstić information content (AvgIpc) is 2.83. The van der Waals surface area contributed by atoms with Crippen LogP contribution in [-0.2, 0) is 20.9 Å². The summed E-state index contributed by atoms with van der Waals surface area (Å²) in [5.74, 6) is -1.92. The second kappa shape index (κ2) is 10.2. The molecule has 1 aliphatic heterocycles. The Morgan fingerprint density at radius 2 is 1.68 bits per heavy atom. The average molecular weight is 457 g/mol. The molecule has 2 N–H and O–H groups in total. The van der Waals surface area contributed by atoms with Gasteiger partial charge in [0.25, 0.3) is 0 Å². The molecule has 0 unspecified atom stereocenters. The van der Waals surface area contributed by atoms with E-state index >= 15 is 0 Å². The van der Waals surface area contributed by atoms with Crippen molar-refractivity contribution >= 4 is 23.1 Å². The normalized spacial score (nSPS) is 16.0. The number of carbonyl (C=O) groups is 3. The van der Waals surface area contributed by atoms with Gasteiger partial charge in [0, 0.05) is 43.1 Å². The maximum absolute atomic E-state index is 12.9. The molecule has 9 heteroatoms. The molecule has 3 rings (SSSR count). The number of carboxylic acids is 1. The van der Waals surface area contributed by atoms with Gasteiger partial charge >= 0.3 is 5.97 Å². The minimum absolute atomic E-state index is 0.0122. The third kappa shape index (κ3) is 5.00. The van der Waals surface area contributed by atoms with Gasteiger partial charge in [0.05, 0.1) is 22.3 Å². The molecule has 1 aliphatic carbocycles. The summed E-state index contributed by atoms with van der Waals surface area (Å²) in [6.45, 7) is 2.23. The third-order valence-electron chi connectivity index (χ3n) is 5.32. The Hall–Kier alpha value is -4.76. The number of aliphatic hydroxyl groups excluding tert-OH is 1. The highest BCUT2D eigenvalue weighted by molar-refractivity contribution is 6.27. The number of aromatic nitrogens is 1. The first-order valence-electron chi connectivity index (χ1n) is 10.4. The molecule has 0 fully saturated rings. The third-order valence-corrected chi connectivity index (χ3v) is 5.32. The number of hydrogen-bond acceptors (Lipinski definition) is 7. The Morgan fingerprint density at radius 3 is 2.18 bits per heavy atom. The number of rotatable bonds is 8. The Balaban J connectivity index is 1.90. The van der Waals surface area contributed by atoms with E-state index in [1.807, 2.05) is 12.1 Å². The quantitative estimate of drug-likeness (QED) is 0.343. The summed E-state index contributed by atoms with van der Waals surface area (Å²) in [5, 5.41) is 38.7. The Kier molecular flexibility index (Phi) is 7.20. The number of pyridine rings is 1. The number of hydrogen-bond donors (Lipinski definition) is 2. The number of aliphatic hydroxyl groups is 1. The zero-order chi connectivity index (χ0) is 24.8. The summed E-state index contributed by atoms with van der Waals surface area (Å²) in [6.07, 6.45) is 10.1. The molecule has 0 atom stereocenters. The van der Waals surface area contributed by atoms with E-state index < -0.39 is 17.5 Å². The highest BCUT2D eigenvalue weighted by Crippen LogP contribution is 2.39. The highest BCUT2D eigenvalue weighted by atomic mass is 16.4. The fourth-order valence-corrected chi connectivity index (χ4v) is 3.45. The summed E-state index contributed by atoms with van der Waals surface area (Å²) in [6, 6.07) is 7.00. The number of carboxylic acid groups (broad SMARTS) is 1. The van der Waals surface area contributed by atoms with Gasteiger partial charge < -0.3 is 15.1 Å². The Morgan fingerprint density at radius 1 is 1.06 bits per heavy atom. The minimum atomic E-state index is -0.937. The van der Waals surface area contributed by atoms with Gasteiger partial charge in [-0.1, -0.05) is 0 Å². The summed E-state index contributed by atoms with van der Waals surface area (Å²) in [4.78, 5) is 36.5. The van der Waals surface area contributed by atoms with Crippen LogP contribution >= 0.6 is 0 Å². The van der Waals surface area contributed by atoms with E-state index in [-0.39, 0.29) is 41.0 Å². The van der Waals surface area contributed by atoms with Gasteiger partial charge in [-0.25, -0.2) is 4.57 Å². The van der Waals surface area contributed by atoms with Crippen molar-refractivity contribution in [2.24, 2.45) is 0 Å². The van der Waals surface area contributed by atoms with E-state index in [1.54, 1.807) is 58.5 Å². The maximum Gasteiger partial charge on any atom is 0.309 e. The molecule has 0 radical (unpaired) electrons. The fraction of sp³-hybridized carbons (Fsp3) is 0.200. The molecule has 9 nitrogen and oxygen atoms in total. The molecule has 0 saturated heterocycles. The predicted molar refractivity (Wildman–Crippen MR) is 119 cm³/mol. The Bertz CT molecular complexity index is 1280. The molecule has 2 heterocycles. The van der Waals surface area contributed by atoms with Crippen LogP contribution in [0.1, 0.15) is 25.3 Å². The Labute approximate surface area is 195 Å². The smallest absolute Gasteiger partial charge is 0.309 e. The summed E-state index contributed by atoms with van der Waals surface area (Å²) >= 11 is 0. The first-order valence-corrected chi connectivity index (χ1v) is 10.4. The van der Waals surface area contributed by atoms with Crippen LogP contribution in [0, 0.1) is 22.7 Å². The van der Waals surface area contributed by atoms with Crippen molar-refractivity contribution in [3.8, 4) is 12.1 Å². The lowest BCUT2D eigenvalue weighted by Gasteiger charge is -2.24. The monoisotopic (exact) mass is 457 g/mol. The van der Waals surface area contributed by atoms with Crippen molar-refractivity contribution in [2.45, 2.75) is 26.3 Å². The molecule has 0 amide bonds. The minimum Gasteiger partial charge on any atom is -0.506 e. The van der Waals surface area contributed by atoms with Crippen LogP contribution in [0.4, 0.5) is 0 Å². The van der Waals surface area contributed by atoms with Crippen LogP contribution in [-0.4, -0.2) is 39.2 Å². The van der Waals surface area contributed by atoms with Crippen LogP contribution in [0.15, 0.2) is 77.1 Å². The second-order valence-corrected chi connectivity index (χ2v) is 7.65. The number of nitriles is 2. The molecule has 1 aromatic rings. The number of aliphatic carboxylic acids is 1. The summed E-state index contributed by atoms with van der Waals surface area (Å²) in [7, 11) is 0. The summed E-state index contributed by atoms with van der Waals surface area (Å²) in [5.41, 5.74) is 0.437. The molecule has 170 valence electrons. The lowest BCUT2D eigenvalue weighted by Crippen LogP contribution is -2.33. The van der Waals surface area contributed by atoms with Crippen molar-refractivity contribution in [1.82, 2.24) is 4.90 Å². The first-order chi connectivity index (χ1) is 16.3. The molecule has 1 aromatic heterocycles. The highest BCUT2D eigenvalue weighted by Gasteiger charge is 2.40. The van der Waals surface area contributed by atoms with Crippen molar-refractivity contribution in [2.75, 3.05) is 6.54 Å². The first kappa shape index (κ1) is 23.9. The van der Waals surface area contributed by atoms with Gasteiger partial charge in [0.2, 0.25) is 5.78 Å². The van der Waals surface area contributed by atoms with Crippen molar-refractivity contribution in [3.05, 3.63) is 82.7 Å². The van der Waals surface area contributed by atoms with Crippen LogP contribution in [0.3, 0.4) is 0 Å². The van der Waals surface area contributed by atoms with Crippen LogP contribution < -0.4 is 4.57 Å². The number of aryl methyl sites for hydroxylation is 1. The van der Waals surface area contributed by atoms with Gasteiger partial charge in [-0.2, -0.15) is 10.5 Å². The van der Waals surface area contributed by atoms with Crippen molar-refractivity contribution < 1.29 is 29.2 Å². The van der Waals surface area contributed by atoms with E-state index in [2.05, 4.69) is 0 Å². The zero-order valence-corrected chi connectivity index (χ0v) is 18.4. The van der Waals surface area contributed by atoms with Gasteiger partial charge in [0.1, 0.15) is 30.1 Å². The standard InChI is InChI=1S/C25H20N4O5/c1-16(30)2-8-28-9-3-17(4-10-28)19(14-26)22-24(33)23(25(22)34)20(15-27)18-5-11-29(12-6-18)13-7-21(31)32/h3-6,9-12H,2,7-8,13H2,1H3,(H-,31,32,33,34)/p+1. The second-order valence-electron chi connectivity index (χ2n) is 7.65. The number of Topliss-reactive ketones (excluding diaryl/α,β-unsaturated/α-hetero) is 2. The van der Waals surface area contributed by atoms with Crippen molar-refractivity contribution in [3.63, 3.8) is 0 Å². The number of allylic oxidation sites excluding steroid dienone is 7. The van der Waals surface area contributed by atoms with Crippen molar-refractivity contribution in [1.29, 1.82) is 10.5 Å². The fourth-order valence-electron chi connectivity index (χ4n) is 3.45. The number of carbonyl (C=O) groups excluding carboxylic acids is 2. The number of nitrogens with zero attached hydrogens (tertiary/aromatic N) is 4. The van der Waals surface area contributed by atoms with Gasteiger partial charge in [-0.15, -0.1) is 0 Å². The van der Waals surface area contributed by atoms with E-state index in [4.69, 9.17) is 5.11 Å². The largest absolute Gasteiger partial charge is 0.506 e. The molecular weight excluding hydrogens is 436 g/mol. The lowest BCUT2D eigenvalue weighted by molar-refractivity contribution is -0.696. The van der Waals surface area contributed by atoms with Gasteiger partial charge in [-0.3, -0.25) is 14.4 Å². The van der Waals surface area contributed by atoms with Gasteiger partial charge in [-0.05, 0) is 24.6 Å². The molecule has 0 aromatic carbocycles. The van der Waals surface area contributed by atoms with E-state index in [9.17, 15) is 30.0 Å². The molecule has 0 spiro atoms. The molecular formula is C25H21N4O5+. The SMILES string of the molecule is CC(=O)CCN1C=CC(=C(C#N)C2=C(O)C(=C(C#N)c3cc[n+](CCC(=O)O)cc3)C2=O)C=C1. The van der Waals surface area contributed by atoms with E-state index in [0.29, 0.717) is 24.1 Å². The lowest BCUT2D eigenvalue weighted by atomic mass is 9.78. The molecule has 0 saturated carbocycles. The zero-order valence-electron chi connectivity index (χ0n) is 18.4. The molecule has 34 heavy (non-hydrogen) atoms.